The maximum atomic E-state index is 12.5. The van der Waals surface area contributed by atoms with Gasteiger partial charge in [-0.25, -0.2) is 0 Å². The van der Waals surface area contributed by atoms with Crippen molar-refractivity contribution in [1.29, 1.82) is 0 Å². The predicted molar refractivity (Wildman–Crippen MR) is 117 cm³/mol. The van der Waals surface area contributed by atoms with Crippen LogP contribution in [-0.2, 0) is 3.62 Å². The Kier molecular flexibility index (Phi) is 6.20. The summed E-state index contributed by atoms with van der Waals surface area (Å²) < 4.78 is 31.2. The van der Waals surface area contributed by atoms with Crippen LogP contribution in [-0.4, -0.2) is 10.1 Å². The van der Waals surface area contributed by atoms with E-state index in [4.69, 9.17) is 3.62 Å². The number of hydrogen-bond donors (Lipinski definition) is 1. The van der Waals surface area contributed by atoms with Gasteiger partial charge in [-0.3, -0.25) is 0 Å². The van der Waals surface area contributed by atoms with Gasteiger partial charge in [0.15, 0.2) is 0 Å². The second kappa shape index (κ2) is 8.90. The molecule has 6 nitrogen and oxygen atoms in total. The van der Waals surface area contributed by atoms with Crippen LogP contribution in [0.1, 0.15) is 0 Å². The summed E-state index contributed by atoms with van der Waals surface area (Å²) in [5.74, 6) is 0. The van der Waals surface area contributed by atoms with Gasteiger partial charge in [0.05, 0.1) is 0 Å². The number of rotatable bonds is 7. The van der Waals surface area contributed by atoms with E-state index >= 15 is 0 Å². The van der Waals surface area contributed by atoms with E-state index in [0.29, 0.717) is 21.2 Å². The fourth-order valence-corrected chi connectivity index (χ4v) is 12.9. The zero-order chi connectivity index (χ0) is 22.6. The second-order valence-electron chi connectivity index (χ2n) is 7.09. The van der Waals surface area contributed by atoms with Crippen LogP contribution in [0, 0.1) is 19.7 Å². The summed E-state index contributed by atoms with van der Waals surface area (Å²) in [5.41, 5.74) is 0.0227. The van der Waals surface area contributed by atoms with Gasteiger partial charge in [0.25, 0.3) is 0 Å². The molecule has 0 saturated carbocycles. The van der Waals surface area contributed by atoms with E-state index in [9.17, 15) is 18.5 Å². The van der Waals surface area contributed by atoms with Crippen LogP contribution in [0.5, 0.6) is 0 Å². The summed E-state index contributed by atoms with van der Waals surface area (Å²) >= 11 is -3.75. The fraction of sp³-hybridized carbons (Fsp3) is 0. The molecule has 0 spiro atoms. The summed E-state index contributed by atoms with van der Waals surface area (Å²) in [6, 6.07) is 34.0. The molecule has 0 aliphatic carbocycles. The number of nitrogens with zero attached hydrogens (tertiary/aromatic N) is 1. The van der Waals surface area contributed by atoms with E-state index in [2.05, 4.69) is 0 Å². The molecule has 4 rings (SSSR count). The Hall–Kier alpha value is -2.93. The Morgan fingerprint density at radius 2 is 0.969 bits per heavy atom. The topological polar surface area (TPSA) is 95.7 Å². The second-order valence-corrected chi connectivity index (χ2v) is 13.0. The van der Waals surface area contributed by atoms with Crippen LogP contribution in [0.25, 0.3) is 0 Å². The fourth-order valence-electron chi connectivity index (χ4n) is 4.17. The molecule has 4 aromatic rings. The Bertz CT molecular complexity index is 1110. The number of benzene rings is 4. The van der Waals surface area contributed by atoms with Crippen molar-refractivity contribution in [2.75, 3.05) is 0 Å². The van der Waals surface area contributed by atoms with Gasteiger partial charge in [-0.1, -0.05) is 0 Å². The van der Waals surface area contributed by atoms with Crippen molar-refractivity contribution in [3.05, 3.63) is 120 Å². The molecule has 0 amide bonds. The molecule has 0 saturated heterocycles. The molecule has 8 heteroatoms. The summed E-state index contributed by atoms with van der Waals surface area (Å²) in [4.78, 5) is 11.2. The first kappa shape index (κ1) is 22.3. The summed E-state index contributed by atoms with van der Waals surface area (Å²) in [5, 5.41) is 12.0. The minimum absolute atomic E-state index is 0.0227. The summed E-state index contributed by atoms with van der Waals surface area (Å²) in [6.07, 6.45) is 0. The van der Waals surface area contributed by atoms with Gasteiger partial charge >= 0.3 is 191 Å². The van der Waals surface area contributed by atoms with Crippen LogP contribution in [0.4, 0.5) is 5.69 Å². The molecular weight excluding hydrogens is 493 g/mol. The SMILES string of the molecule is O=[N+](O)c1ccc(P(O[Br+2]([O-])[O-])(c2ccccc2)(c2ccccc2)c2ccccc2)cc1. The molecule has 0 aliphatic heterocycles. The molecule has 4 aromatic carbocycles. The van der Waals surface area contributed by atoms with Crippen molar-refractivity contribution >= 4 is 33.7 Å². The van der Waals surface area contributed by atoms with Crippen molar-refractivity contribution in [2.45, 2.75) is 0 Å². The van der Waals surface area contributed by atoms with E-state index in [1.165, 1.54) is 12.1 Å². The van der Waals surface area contributed by atoms with Crippen molar-refractivity contribution in [2.24, 2.45) is 0 Å². The normalized spacial score (nSPS) is 12.8. The van der Waals surface area contributed by atoms with Crippen LogP contribution < -0.4 is 29.6 Å². The van der Waals surface area contributed by atoms with Crippen LogP contribution in [0.3, 0.4) is 0 Å². The van der Waals surface area contributed by atoms with E-state index < -0.39 is 21.6 Å². The first-order valence-corrected chi connectivity index (χ1v) is 13.8. The van der Waals surface area contributed by atoms with Crippen molar-refractivity contribution < 1.29 is 37.0 Å². The Morgan fingerprint density at radius 3 is 1.28 bits per heavy atom. The Balaban J connectivity index is 2.26. The monoisotopic (exact) mass is 512 g/mol. The zero-order valence-electron chi connectivity index (χ0n) is 16.8. The first-order chi connectivity index (χ1) is 15.5. The van der Waals surface area contributed by atoms with Gasteiger partial charge in [0, 0.05) is 0 Å². The first-order valence-electron chi connectivity index (χ1n) is 9.70. The van der Waals surface area contributed by atoms with Gasteiger partial charge in [0.2, 0.25) is 0 Å². The standard InChI is InChI=1S/C24H20BrNO5P/c27-25(28)31-32(21-10-4-1-5-11-21,22-12-6-2-7-13-22,23-14-8-3-9-15-23)24-18-16-20(17-19-24)26(29)30/h1-19H,(H,29,30)/q+1. The molecule has 0 heterocycles. The molecule has 162 valence electrons. The molecule has 0 bridgehead atoms. The van der Waals surface area contributed by atoms with Crippen LogP contribution >= 0.6 is 6.83 Å². The maximum absolute atomic E-state index is 12.5. The van der Waals surface area contributed by atoms with E-state index in [-0.39, 0.29) is 10.6 Å². The van der Waals surface area contributed by atoms with Gasteiger partial charge in [-0.15, -0.1) is 0 Å². The molecule has 0 unspecified atom stereocenters. The molecule has 32 heavy (non-hydrogen) atoms. The Morgan fingerprint density at radius 1 is 0.625 bits per heavy atom. The molecule has 0 fully saturated rings. The van der Waals surface area contributed by atoms with Gasteiger partial charge in [-0.05, 0) is 0 Å². The molecule has 0 radical (unpaired) electrons. The van der Waals surface area contributed by atoms with Crippen LogP contribution in [0.15, 0.2) is 115 Å². The number of hydrogen-bond acceptors (Lipinski definition) is 4. The third-order valence-electron chi connectivity index (χ3n) is 5.50. The van der Waals surface area contributed by atoms with Gasteiger partial charge in [0.1, 0.15) is 0 Å². The molecule has 0 aliphatic rings. The van der Waals surface area contributed by atoms with Crippen LogP contribution in [0.2, 0.25) is 0 Å². The van der Waals surface area contributed by atoms with Crippen molar-refractivity contribution in [3.8, 4) is 0 Å². The van der Waals surface area contributed by atoms with E-state index in [1.807, 2.05) is 91.0 Å². The molecular formula is C24H20BrNO5P+. The van der Waals surface area contributed by atoms with Crippen molar-refractivity contribution in [3.63, 3.8) is 0 Å². The minimum atomic E-state index is -4.28. The van der Waals surface area contributed by atoms with Gasteiger partial charge < -0.3 is 0 Å². The van der Waals surface area contributed by atoms with E-state index in [1.54, 1.807) is 12.1 Å². The average molecular weight is 513 g/mol. The summed E-state index contributed by atoms with van der Waals surface area (Å²) in [6.45, 7) is -4.28. The molecule has 0 aromatic heterocycles. The molecule has 0 atom stereocenters. The average Bonchev–Trinajstić information content (AvgIpc) is 2.84. The third kappa shape index (κ3) is 3.45. The third-order valence-corrected chi connectivity index (χ3v) is 13.5. The number of halogens is 1. The van der Waals surface area contributed by atoms with Crippen molar-refractivity contribution in [1.82, 2.24) is 0 Å². The molecule has 1 N–H and O–H groups in total. The summed E-state index contributed by atoms with van der Waals surface area (Å²) in [7, 11) is 0. The zero-order valence-corrected chi connectivity index (χ0v) is 19.3. The van der Waals surface area contributed by atoms with E-state index in [0.717, 1.165) is 0 Å². The predicted octanol–water partition coefficient (Wildman–Crippen LogP) is 1.66. The van der Waals surface area contributed by atoms with Gasteiger partial charge in [-0.2, -0.15) is 0 Å². The Labute approximate surface area is 190 Å². The quantitative estimate of drug-likeness (QED) is 0.300.